The van der Waals surface area contributed by atoms with Crippen LogP contribution in [0.5, 0.6) is 0 Å². The molecule has 0 aromatic heterocycles. The summed E-state index contributed by atoms with van der Waals surface area (Å²) in [6.07, 6.45) is 6.34. The van der Waals surface area contributed by atoms with E-state index in [-0.39, 0.29) is 6.04 Å². The Labute approximate surface area is 111 Å². The molecular formula is C16H26N2. The molecule has 0 heterocycles. The minimum absolute atomic E-state index is 0.193. The van der Waals surface area contributed by atoms with Crippen LogP contribution in [0.15, 0.2) is 30.3 Å². The van der Waals surface area contributed by atoms with E-state index in [0.29, 0.717) is 0 Å². The van der Waals surface area contributed by atoms with E-state index >= 15 is 0 Å². The van der Waals surface area contributed by atoms with Crippen LogP contribution in [-0.4, -0.2) is 12.6 Å². The second kappa shape index (κ2) is 6.91. The van der Waals surface area contributed by atoms with E-state index in [2.05, 4.69) is 36.5 Å². The molecule has 1 aliphatic rings. The molecule has 1 aliphatic carbocycles. The summed E-state index contributed by atoms with van der Waals surface area (Å²) in [4.78, 5) is 0. The Morgan fingerprint density at radius 1 is 1.33 bits per heavy atom. The van der Waals surface area contributed by atoms with Crippen LogP contribution in [-0.2, 0) is 0 Å². The van der Waals surface area contributed by atoms with Gasteiger partial charge in [0, 0.05) is 12.1 Å². The molecule has 0 amide bonds. The zero-order chi connectivity index (χ0) is 12.8. The van der Waals surface area contributed by atoms with Gasteiger partial charge in [0.1, 0.15) is 0 Å². The van der Waals surface area contributed by atoms with Crippen LogP contribution in [0.4, 0.5) is 0 Å². The van der Waals surface area contributed by atoms with Gasteiger partial charge in [0.25, 0.3) is 0 Å². The molecule has 1 fully saturated rings. The molecule has 0 spiro atoms. The van der Waals surface area contributed by atoms with E-state index in [1.807, 2.05) is 6.07 Å². The maximum atomic E-state index is 6.17. The number of nitrogens with two attached hydrogens (primary N) is 1. The third-order valence-corrected chi connectivity index (χ3v) is 3.91. The number of rotatable bonds is 8. The predicted molar refractivity (Wildman–Crippen MR) is 77.4 cm³/mol. The van der Waals surface area contributed by atoms with Gasteiger partial charge in [-0.3, -0.25) is 0 Å². The van der Waals surface area contributed by atoms with E-state index in [9.17, 15) is 0 Å². The molecule has 3 atom stereocenters. The van der Waals surface area contributed by atoms with Gasteiger partial charge in [-0.2, -0.15) is 0 Å². The SMILES string of the molecule is CCCC1CC1NCCCC(N)c1ccccc1. The lowest BCUT2D eigenvalue weighted by Crippen LogP contribution is -2.21. The van der Waals surface area contributed by atoms with Gasteiger partial charge in [0.05, 0.1) is 0 Å². The largest absolute Gasteiger partial charge is 0.324 e. The van der Waals surface area contributed by atoms with Gasteiger partial charge in [-0.05, 0) is 43.7 Å². The first-order valence-electron chi connectivity index (χ1n) is 7.35. The fourth-order valence-corrected chi connectivity index (χ4v) is 2.66. The van der Waals surface area contributed by atoms with Crippen molar-refractivity contribution >= 4 is 0 Å². The lowest BCUT2D eigenvalue weighted by molar-refractivity contribution is 0.543. The summed E-state index contributed by atoms with van der Waals surface area (Å²) in [6, 6.07) is 11.4. The Bertz CT molecular complexity index is 336. The van der Waals surface area contributed by atoms with Crippen molar-refractivity contribution in [2.24, 2.45) is 11.7 Å². The molecule has 0 aliphatic heterocycles. The van der Waals surface area contributed by atoms with Crippen LogP contribution >= 0.6 is 0 Å². The molecule has 2 heteroatoms. The fourth-order valence-electron chi connectivity index (χ4n) is 2.66. The van der Waals surface area contributed by atoms with Gasteiger partial charge in [0.2, 0.25) is 0 Å². The van der Waals surface area contributed by atoms with Gasteiger partial charge in [-0.1, -0.05) is 43.7 Å². The molecule has 1 saturated carbocycles. The number of hydrogen-bond acceptors (Lipinski definition) is 2. The van der Waals surface area contributed by atoms with E-state index in [1.165, 1.54) is 31.2 Å². The Kier molecular flexibility index (Phi) is 5.21. The first-order valence-corrected chi connectivity index (χ1v) is 7.35. The lowest BCUT2D eigenvalue weighted by atomic mass is 10.0. The Morgan fingerprint density at radius 2 is 2.11 bits per heavy atom. The highest BCUT2D eigenvalue weighted by Gasteiger charge is 2.34. The van der Waals surface area contributed by atoms with Gasteiger partial charge in [-0.25, -0.2) is 0 Å². The topological polar surface area (TPSA) is 38.0 Å². The molecule has 2 nitrogen and oxygen atoms in total. The summed E-state index contributed by atoms with van der Waals surface area (Å²) < 4.78 is 0. The minimum atomic E-state index is 0.193. The Balaban J connectivity index is 1.56. The second-order valence-corrected chi connectivity index (χ2v) is 5.50. The van der Waals surface area contributed by atoms with Gasteiger partial charge in [0.15, 0.2) is 0 Å². The van der Waals surface area contributed by atoms with Crippen molar-refractivity contribution in [3.8, 4) is 0 Å². The molecule has 0 bridgehead atoms. The molecule has 18 heavy (non-hydrogen) atoms. The van der Waals surface area contributed by atoms with Crippen LogP contribution in [0.25, 0.3) is 0 Å². The quantitative estimate of drug-likeness (QED) is 0.691. The monoisotopic (exact) mass is 246 g/mol. The second-order valence-electron chi connectivity index (χ2n) is 5.50. The number of benzene rings is 1. The Hall–Kier alpha value is -0.860. The standard InChI is InChI=1S/C16H26N2/c1-2-7-14-12-16(14)18-11-6-10-15(17)13-8-4-3-5-9-13/h3-5,8-9,14-16,18H,2,6-7,10-12,17H2,1H3. The van der Waals surface area contributed by atoms with Gasteiger partial charge < -0.3 is 11.1 Å². The molecule has 3 unspecified atom stereocenters. The number of hydrogen-bond donors (Lipinski definition) is 2. The predicted octanol–water partition coefficient (Wildman–Crippen LogP) is 3.24. The molecule has 100 valence electrons. The van der Waals surface area contributed by atoms with Crippen molar-refractivity contribution in [1.82, 2.24) is 5.32 Å². The van der Waals surface area contributed by atoms with Crippen LogP contribution in [0.2, 0.25) is 0 Å². The zero-order valence-electron chi connectivity index (χ0n) is 11.4. The maximum absolute atomic E-state index is 6.17. The first-order chi connectivity index (χ1) is 8.81. The van der Waals surface area contributed by atoms with E-state index in [4.69, 9.17) is 5.73 Å². The van der Waals surface area contributed by atoms with E-state index in [1.54, 1.807) is 0 Å². The molecule has 2 rings (SSSR count). The van der Waals surface area contributed by atoms with Crippen molar-refractivity contribution in [3.05, 3.63) is 35.9 Å². The summed E-state index contributed by atoms with van der Waals surface area (Å²) in [5, 5.41) is 3.64. The first kappa shape index (κ1) is 13.6. The third kappa shape index (κ3) is 4.11. The highest BCUT2D eigenvalue weighted by molar-refractivity contribution is 5.18. The summed E-state index contributed by atoms with van der Waals surface area (Å²) >= 11 is 0. The van der Waals surface area contributed by atoms with Crippen molar-refractivity contribution in [2.75, 3.05) is 6.54 Å². The normalized spacial score (nSPS) is 23.9. The average Bonchev–Trinajstić information content (AvgIpc) is 3.14. The molecule has 1 aromatic carbocycles. The smallest absolute Gasteiger partial charge is 0.0295 e. The summed E-state index contributed by atoms with van der Waals surface area (Å²) in [7, 11) is 0. The highest BCUT2D eigenvalue weighted by Crippen LogP contribution is 2.34. The van der Waals surface area contributed by atoms with Crippen molar-refractivity contribution < 1.29 is 0 Å². The Morgan fingerprint density at radius 3 is 2.83 bits per heavy atom. The van der Waals surface area contributed by atoms with Gasteiger partial charge in [-0.15, -0.1) is 0 Å². The van der Waals surface area contributed by atoms with Crippen LogP contribution in [0.3, 0.4) is 0 Å². The van der Waals surface area contributed by atoms with Gasteiger partial charge >= 0.3 is 0 Å². The van der Waals surface area contributed by atoms with Crippen LogP contribution in [0.1, 0.15) is 50.6 Å². The van der Waals surface area contributed by atoms with Crippen molar-refractivity contribution in [1.29, 1.82) is 0 Å². The van der Waals surface area contributed by atoms with Crippen LogP contribution < -0.4 is 11.1 Å². The summed E-state index contributed by atoms with van der Waals surface area (Å²) in [6.45, 7) is 3.39. The summed E-state index contributed by atoms with van der Waals surface area (Å²) in [5.41, 5.74) is 7.43. The van der Waals surface area contributed by atoms with Crippen molar-refractivity contribution in [3.63, 3.8) is 0 Å². The fraction of sp³-hybridized carbons (Fsp3) is 0.625. The van der Waals surface area contributed by atoms with E-state index < -0.39 is 0 Å². The molecule has 0 saturated heterocycles. The molecule has 0 radical (unpaired) electrons. The van der Waals surface area contributed by atoms with Crippen molar-refractivity contribution in [2.45, 2.75) is 51.1 Å². The van der Waals surface area contributed by atoms with E-state index in [0.717, 1.165) is 24.9 Å². The average molecular weight is 246 g/mol. The highest BCUT2D eigenvalue weighted by atomic mass is 15.0. The third-order valence-electron chi connectivity index (χ3n) is 3.91. The molecule has 3 N–H and O–H groups in total. The number of nitrogens with one attached hydrogen (secondary N) is 1. The molecule has 1 aromatic rings. The zero-order valence-corrected chi connectivity index (χ0v) is 11.4. The maximum Gasteiger partial charge on any atom is 0.0295 e. The minimum Gasteiger partial charge on any atom is -0.324 e. The lowest BCUT2D eigenvalue weighted by Gasteiger charge is -2.12. The summed E-state index contributed by atoms with van der Waals surface area (Å²) in [5.74, 6) is 0.956. The van der Waals surface area contributed by atoms with Crippen LogP contribution in [0, 0.1) is 5.92 Å². The molecular weight excluding hydrogens is 220 g/mol.